The van der Waals surface area contributed by atoms with E-state index in [9.17, 15) is 0 Å². The molecule has 1 rings (SSSR count). The second-order valence-electron chi connectivity index (χ2n) is 4.14. The second kappa shape index (κ2) is 5.61. The lowest BCUT2D eigenvalue weighted by Gasteiger charge is -2.24. The predicted octanol–water partition coefficient (Wildman–Crippen LogP) is 1.86. The maximum atomic E-state index is 3.60. The summed E-state index contributed by atoms with van der Waals surface area (Å²) in [6.07, 6.45) is 4.01. The van der Waals surface area contributed by atoms with Crippen LogP contribution in [0, 0.1) is 0 Å². The lowest BCUT2D eigenvalue weighted by Crippen LogP contribution is -2.40. The molecular weight excluding hydrogens is 160 g/mol. The van der Waals surface area contributed by atoms with E-state index >= 15 is 0 Å². The molecule has 0 aromatic heterocycles. The van der Waals surface area contributed by atoms with Crippen LogP contribution in [-0.4, -0.2) is 36.6 Å². The summed E-state index contributed by atoms with van der Waals surface area (Å²) in [5.41, 5.74) is 0. The normalized spacial score (nSPS) is 26.5. The largest absolute Gasteiger partial charge is 0.313 e. The smallest absolute Gasteiger partial charge is 0.0221 e. The van der Waals surface area contributed by atoms with Gasteiger partial charge in [-0.3, -0.25) is 4.90 Å². The standard InChI is InChI=1S/C11H24N2/c1-4-10(3)12-9-11-7-6-8-13(11)5-2/h10-12H,4-9H2,1-3H3. The Bertz CT molecular complexity index is 136. The SMILES string of the molecule is CCC(C)NCC1CCCN1CC. The van der Waals surface area contributed by atoms with Gasteiger partial charge in [0, 0.05) is 18.6 Å². The maximum absolute atomic E-state index is 3.60. The van der Waals surface area contributed by atoms with Gasteiger partial charge in [0.05, 0.1) is 0 Å². The average molecular weight is 184 g/mol. The molecule has 0 radical (unpaired) electrons. The molecule has 2 nitrogen and oxygen atoms in total. The minimum Gasteiger partial charge on any atom is -0.313 e. The van der Waals surface area contributed by atoms with Crippen molar-refractivity contribution in [3.63, 3.8) is 0 Å². The summed E-state index contributed by atoms with van der Waals surface area (Å²) in [5, 5.41) is 3.60. The molecule has 0 spiro atoms. The van der Waals surface area contributed by atoms with Gasteiger partial charge in [-0.1, -0.05) is 13.8 Å². The van der Waals surface area contributed by atoms with E-state index < -0.39 is 0 Å². The highest BCUT2D eigenvalue weighted by Crippen LogP contribution is 2.15. The van der Waals surface area contributed by atoms with Crippen LogP contribution < -0.4 is 5.32 Å². The van der Waals surface area contributed by atoms with Crippen molar-refractivity contribution < 1.29 is 0 Å². The van der Waals surface area contributed by atoms with Gasteiger partial charge in [-0.15, -0.1) is 0 Å². The highest BCUT2D eigenvalue weighted by molar-refractivity contribution is 4.80. The first-order valence-electron chi connectivity index (χ1n) is 5.75. The quantitative estimate of drug-likeness (QED) is 0.701. The summed E-state index contributed by atoms with van der Waals surface area (Å²) in [7, 11) is 0. The van der Waals surface area contributed by atoms with Crippen LogP contribution in [0.2, 0.25) is 0 Å². The summed E-state index contributed by atoms with van der Waals surface area (Å²) in [6, 6.07) is 1.48. The van der Waals surface area contributed by atoms with Gasteiger partial charge in [-0.05, 0) is 39.3 Å². The van der Waals surface area contributed by atoms with Crippen LogP contribution in [0.5, 0.6) is 0 Å². The van der Waals surface area contributed by atoms with Crippen molar-refractivity contribution in [1.82, 2.24) is 10.2 Å². The number of rotatable bonds is 5. The zero-order valence-corrected chi connectivity index (χ0v) is 9.34. The molecule has 2 atom stereocenters. The molecule has 78 valence electrons. The van der Waals surface area contributed by atoms with E-state index in [1.54, 1.807) is 0 Å². The molecule has 1 saturated heterocycles. The van der Waals surface area contributed by atoms with Crippen LogP contribution in [0.4, 0.5) is 0 Å². The molecule has 0 bridgehead atoms. The van der Waals surface area contributed by atoms with Crippen molar-refractivity contribution in [1.29, 1.82) is 0 Å². The number of hydrogen-bond donors (Lipinski definition) is 1. The second-order valence-corrected chi connectivity index (χ2v) is 4.14. The van der Waals surface area contributed by atoms with Crippen LogP contribution in [0.1, 0.15) is 40.0 Å². The van der Waals surface area contributed by atoms with E-state index in [-0.39, 0.29) is 0 Å². The number of nitrogens with one attached hydrogen (secondary N) is 1. The van der Waals surface area contributed by atoms with Crippen LogP contribution in [0.3, 0.4) is 0 Å². The summed E-state index contributed by atoms with van der Waals surface area (Å²) < 4.78 is 0. The topological polar surface area (TPSA) is 15.3 Å². The van der Waals surface area contributed by atoms with Crippen LogP contribution >= 0.6 is 0 Å². The van der Waals surface area contributed by atoms with Crippen LogP contribution in [0.15, 0.2) is 0 Å². The minimum atomic E-state index is 0.680. The minimum absolute atomic E-state index is 0.680. The van der Waals surface area contributed by atoms with E-state index in [0.29, 0.717) is 6.04 Å². The lowest BCUT2D eigenvalue weighted by molar-refractivity contribution is 0.254. The zero-order valence-electron chi connectivity index (χ0n) is 9.34. The predicted molar refractivity (Wildman–Crippen MR) is 58.0 cm³/mol. The Morgan fingerprint density at radius 1 is 1.46 bits per heavy atom. The summed E-state index contributed by atoms with van der Waals surface area (Å²) >= 11 is 0. The average Bonchev–Trinajstić information content (AvgIpc) is 2.61. The first-order chi connectivity index (χ1) is 6.27. The lowest BCUT2D eigenvalue weighted by atomic mass is 10.2. The van der Waals surface area contributed by atoms with Crippen molar-refractivity contribution in [2.24, 2.45) is 0 Å². The highest BCUT2D eigenvalue weighted by atomic mass is 15.2. The molecule has 1 heterocycles. The molecule has 0 aromatic rings. The molecule has 1 fully saturated rings. The molecule has 0 saturated carbocycles. The van der Waals surface area contributed by atoms with Crippen molar-refractivity contribution in [3.05, 3.63) is 0 Å². The fourth-order valence-corrected chi connectivity index (χ4v) is 2.02. The van der Waals surface area contributed by atoms with Crippen molar-refractivity contribution in [2.75, 3.05) is 19.6 Å². The van der Waals surface area contributed by atoms with Gasteiger partial charge in [-0.2, -0.15) is 0 Å². The Kier molecular flexibility index (Phi) is 4.74. The maximum Gasteiger partial charge on any atom is 0.0221 e. The third kappa shape index (κ3) is 3.28. The monoisotopic (exact) mass is 184 g/mol. The van der Waals surface area contributed by atoms with Crippen molar-refractivity contribution in [3.8, 4) is 0 Å². The van der Waals surface area contributed by atoms with Crippen molar-refractivity contribution >= 4 is 0 Å². The van der Waals surface area contributed by atoms with Gasteiger partial charge >= 0.3 is 0 Å². The van der Waals surface area contributed by atoms with Crippen LogP contribution in [-0.2, 0) is 0 Å². The molecule has 13 heavy (non-hydrogen) atoms. The molecule has 0 aromatic carbocycles. The number of hydrogen-bond acceptors (Lipinski definition) is 2. The molecule has 1 N–H and O–H groups in total. The summed E-state index contributed by atoms with van der Waals surface area (Å²) in [6.45, 7) is 10.5. The van der Waals surface area contributed by atoms with Gasteiger partial charge in [0.15, 0.2) is 0 Å². The Labute approximate surface area is 82.7 Å². The molecule has 0 amide bonds. The highest BCUT2D eigenvalue weighted by Gasteiger charge is 2.22. The summed E-state index contributed by atoms with van der Waals surface area (Å²) in [5.74, 6) is 0. The van der Waals surface area contributed by atoms with Gasteiger partial charge in [0.25, 0.3) is 0 Å². The first-order valence-corrected chi connectivity index (χ1v) is 5.75. The summed E-state index contributed by atoms with van der Waals surface area (Å²) in [4.78, 5) is 2.59. The molecular formula is C11H24N2. The number of likely N-dealkylation sites (N-methyl/N-ethyl adjacent to an activating group) is 1. The number of nitrogens with zero attached hydrogens (tertiary/aromatic N) is 1. The third-order valence-corrected chi connectivity index (χ3v) is 3.22. The molecule has 1 aliphatic heterocycles. The van der Waals surface area contributed by atoms with E-state index in [1.807, 2.05) is 0 Å². The zero-order chi connectivity index (χ0) is 9.68. The first kappa shape index (κ1) is 11.0. The Balaban J connectivity index is 2.19. The Morgan fingerprint density at radius 2 is 2.23 bits per heavy atom. The number of likely N-dealkylation sites (tertiary alicyclic amines) is 1. The van der Waals surface area contributed by atoms with Gasteiger partial charge in [0.2, 0.25) is 0 Å². The molecule has 2 heteroatoms. The molecule has 1 aliphatic rings. The fraction of sp³-hybridized carbons (Fsp3) is 1.00. The fourth-order valence-electron chi connectivity index (χ4n) is 2.02. The molecule has 2 unspecified atom stereocenters. The Hall–Kier alpha value is -0.0800. The molecule has 0 aliphatic carbocycles. The van der Waals surface area contributed by atoms with Gasteiger partial charge < -0.3 is 5.32 Å². The van der Waals surface area contributed by atoms with Crippen molar-refractivity contribution in [2.45, 2.75) is 52.1 Å². The van der Waals surface area contributed by atoms with E-state index in [1.165, 1.54) is 38.9 Å². The third-order valence-electron chi connectivity index (χ3n) is 3.22. The van der Waals surface area contributed by atoms with E-state index in [0.717, 1.165) is 6.04 Å². The van der Waals surface area contributed by atoms with Gasteiger partial charge in [0.1, 0.15) is 0 Å². The van der Waals surface area contributed by atoms with E-state index in [2.05, 4.69) is 31.0 Å². The van der Waals surface area contributed by atoms with E-state index in [4.69, 9.17) is 0 Å². The Morgan fingerprint density at radius 3 is 2.85 bits per heavy atom. The van der Waals surface area contributed by atoms with Gasteiger partial charge in [-0.25, -0.2) is 0 Å². The van der Waals surface area contributed by atoms with Crippen LogP contribution in [0.25, 0.3) is 0 Å².